The molecule has 0 bridgehead atoms. The fourth-order valence-corrected chi connectivity index (χ4v) is 2.00. The highest BCUT2D eigenvalue weighted by Crippen LogP contribution is 2.27. The summed E-state index contributed by atoms with van der Waals surface area (Å²) in [4.78, 5) is 19.3. The van der Waals surface area contributed by atoms with Crippen LogP contribution in [0.25, 0.3) is 10.9 Å². The van der Waals surface area contributed by atoms with Crippen LogP contribution in [0, 0.1) is 5.82 Å². The minimum atomic E-state index is -0.439. The van der Waals surface area contributed by atoms with Crippen LogP contribution in [0.4, 0.5) is 4.39 Å². The van der Waals surface area contributed by atoms with Crippen LogP contribution in [0.3, 0.4) is 0 Å². The lowest BCUT2D eigenvalue weighted by Crippen LogP contribution is -2.00. The van der Waals surface area contributed by atoms with Crippen molar-refractivity contribution in [3.05, 3.63) is 60.2 Å². The standard InChI is InChI=1S/C16H11FN2O3/c1-21-16(20)10-5-7-11(8-6-10)22-15-12-3-2-4-13(17)14(12)18-9-19-15/h2-9H,1H3. The third-order valence-electron chi connectivity index (χ3n) is 3.07. The number of esters is 1. The first kappa shape index (κ1) is 13.9. The van der Waals surface area contributed by atoms with Crippen molar-refractivity contribution in [2.75, 3.05) is 7.11 Å². The number of rotatable bonds is 3. The molecule has 3 aromatic rings. The van der Waals surface area contributed by atoms with Gasteiger partial charge < -0.3 is 9.47 Å². The molecule has 0 spiro atoms. The van der Waals surface area contributed by atoms with E-state index in [1.54, 1.807) is 36.4 Å². The summed E-state index contributed by atoms with van der Waals surface area (Å²) < 4.78 is 24.0. The molecule has 0 saturated heterocycles. The Kier molecular flexibility index (Phi) is 3.65. The van der Waals surface area contributed by atoms with Crippen molar-refractivity contribution < 1.29 is 18.7 Å². The van der Waals surface area contributed by atoms with Crippen LogP contribution in [-0.2, 0) is 4.74 Å². The van der Waals surface area contributed by atoms with Crippen LogP contribution in [0.1, 0.15) is 10.4 Å². The smallest absolute Gasteiger partial charge is 0.337 e. The lowest BCUT2D eigenvalue weighted by Gasteiger charge is -2.08. The van der Waals surface area contributed by atoms with Gasteiger partial charge in [0.2, 0.25) is 5.88 Å². The molecule has 3 rings (SSSR count). The van der Waals surface area contributed by atoms with E-state index in [4.69, 9.17) is 4.74 Å². The maximum Gasteiger partial charge on any atom is 0.337 e. The number of nitrogens with zero attached hydrogens (tertiary/aromatic N) is 2. The molecule has 6 heteroatoms. The van der Waals surface area contributed by atoms with Gasteiger partial charge in [0.15, 0.2) is 0 Å². The molecule has 0 unspecified atom stereocenters. The largest absolute Gasteiger partial charge is 0.465 e. The predicted octanol–water partition coefficient (Wildman–Crippen LogP) is 3.35. The number of carbonyl (C=O) groups is 1. The number of methoxy groups -OCH3 is 1. The molecular formula is C16H11FN2O3. The van der Waals surface area contributed by atoms with E-state index in [9.17, 15) is 9.18 Å². The van der Waals surface area contributed by atoms with Crippen molar-refractivity contribution in [3.8, 4) is 11.6 Å². The van der Waals surface area contributed by atoms with E-state index in [1.165, 1.54) is 19.5 Å². The zero-order chi connectivity index (χ0) is 15.5. The first-order chi connectivity index (χ1) is 10.7. The summed E-state index contributed by atoms with van der Waals surface area (Å²) in [6.07, 6.45) is 1.24. The molecule has 0 amide bonds. The molecule has 0 fully saturated rings. The zero-order valence-corrected chi connectivity index (χ0v) is 11.6. The second-order valence-corrected chi connectivity index (χ2v) is 4.43. The number of halogens is 1. The van der Waals surface area contributed by atoms with Crippen LogP contribution in [-0.4, -0.2) is 23.0 Å². The van der Waals surface area contributed by atoms with Gasteiger partial charge >= 0.3 is 5.97 Å². The van der Waals surface area contributed by atoms with Gasteiger partial charge in [0, 0.05) is 0 Å². The highest BCUT2D eigenvalue weighted by Gasteiger charge is 2.10. The summed E-state index contributed by atoms with van der Waals surface area (Å²) in [5.74, 6) is -0.154. The summed E-state index contributed by atoms with van der Waals surface area (Å²) in [5.41, 5.74) is 0.604. The molecule has 2 aromatic carbocycles. The van der Waals surface area contributed by atoms with Crippen molar-refractivity contribution in [1.82, 2.24) is 9.97 Å². The Balaban J connectivity index is 1.93. The Hall–Kier alpha value is -3.02. The van der Waals surface area contributed by atoms with E-state index < -0.39 is 11.8 Å². The van der Waals surface area contributed by atoms with Gasteiger partial charge in [-0.1, -0.05) is 6.07 Å². The van der Waals surface area contributed by atoms with Crippen molar-refractivity contribution in [1.29, 1.82) is 0 Å². The van der Waals surface area contributed by atoms with Crippen LogP contribution in [0.15, 0.2) is 48.8 Å². The number of carbonyl (C=O) groups excluding carboxylic acids is 1. The SMILES string of the molecule is COC(=O)c1ccc(Oc2ncnc3c(F)cccc23)cc1. The third-order valence-corrected chi connectivity index (χ3v) is 3.07. The van der Waals surface area contributed by atoms with Crippen molar-refractivity contribution >= 4 is 16.9 Å². The minimum absolute atomic E-state index is 0.193. The van der Waals surface area contributed by atoms with Gasteiger partial charge in [0.05, 0.1) is 18.1 Å². The molecule has 5 nitrogen and oxygen atoms in total. The lowest BCUT2D eigenvalue weighted by molar-refractivity contribution is 0.0600. The van der Waals surface area contributed by atoms with Crippen LogP contribution in [0.2, 0.25) is 0 Å². The van der Waals surface area contributed by atoms with Crippen molar-refractivity contribution in [2.45, 2.75) is 0 Å². The second-order valence-electron chi connectivity index (χ2n) is 4.43. The second kappa shape index (κ2) is 5.77. The molecule has 1 heterocycles. The predicted molar refractivity (Wildman–Crippen MR) is 77.4 cm³/mol. The van der Waals surface area contributed by atoms with Gasteiger partial charge in [0.25, 0.3) is 0 Å². The van der Waals surface area contributed by atoms with Crippen molar-refractivity contribution in [2.24, 2.45) is 0 Å². The number of hydrogen-bond acceptors (Lipinski definition) is 5. The first-order valence-electron chi connectivity index (χ1n) is 6.44. The molecule has 22 heavy (non-hydrogen) atoms. The highest BCUT2D eigenvalue weighted by molar-refractivity contribution is 5.89. The van der Waals surface area contributed by atoms with E-state index in [2.05, 4.69) is 14.7 Å². The number of hydrogen-bond donors (Lipinski definition) is 0. The number of para-hydroxylation sites is 1. The maximum atomic E-state index is 13.7. The van der Waals surface area contributed by atoms with E-state index in [0.717, 1.165) is 0 Å². The van der Waals surface area contributed by atoms with Gasteiger partial charge in [-0.15, -0.1) is 0 Å². The van der Waals surface area contributed by atoms with Gasteiger partial charge in [-0.2, -0.15) is 0 Å². The Morgan fingerprint density at radius 2 is 1.86 bits per heavy atom. The Morgan fingerprint density at radius 3 is 2.59 bits per heavy atom. The fraction of sp³-hybridized carbons (Fsp3) is 0.0625. The Bertz CT molecular complexity index is 834. The lowest BCUT2D eigenvalue weighted by atomic mass is 10.2. The molecule has 0 N–H and O–H groups in total. The maximum absolute atomic E-state index is 13.7. The average Bonchev–Trinajstić information content (AvgIpc) is 2.56. The van der Waals surface area contributed by atoms with Gasteiger partial charge in [-0.05, 0) is 36.4 Å². The molecule has 0 aliphatic rings. The molecular weight excluding hydrogens is 287 g/mol. The highest BCUT2D eigenvalue weighted by atomic mass is 19.1. The van der Waals surface area contributed by atoms with E-state index >= 15 is 0 Å². The van der Waals surface area contributed by atoms with Gasteiger partial charge in [0.1, 0.15) is 23.4 Å². The summed E-state index contributed by atoms with van der Waals surface area (Å²) in [6, 6.07) is 10.9. The Labute approximate surface area is 125 Å². The molecule has 110 valence electrons. The Morgan fingerprint density at radius 1 is 1.09 bits per heavy atom. The summed E-state index contributed by atoms with van der Waals surface area (Å²) in [5, 5.41) is 0.472. The number of aromatic nitrogens is 2. The first-order valence-corrected chi connectivity index (χ1v) is 6.44. The average molecular weight is 298 g/mol. The van der Waals surface area contributed by atoms with Crippen LogP contribution < -0.4 is 4.74 Å². The molecule has 1 aromatic heterocycles. The van der Waals surface area contributed by atoms with Gasteiger partial charge in [-0.25, -0.2) is 19.2 Å². The number of fused-ring (bicyclic) bond motifs is 1. The summed E-state index contributed by atoms with van der Waals surface area (Å²) >= 11 is 0. The van der Waals surface area contributed by atoms with Gasteiger partial charge in [-0.3, -0.25) is 0 Å². The number of benzene rings is 2. The van der Waals surface area contributed by atoms with E-state index in [1.807, 2.05) is 0 Å². The third kappa shape index (κ3) is 2.58. The molecule has 0 aliphatic heterocycles. The van der Waals surface area contributed by atoms with E-state index in [-0.39, 0.29) is 11.4 Å². The molecule has 0 saturated carbocycles. The quantitative estimate of drug-likeness (QED) is 0.694. The summed E-state index contributed by atoms with van der Waals surface area (Å²) in [7, 11) is 1.31. The monoisotopic (exact) mass is 298 g/mol. The molecule has 0 radical (unpaired) electrons. The normalized spacial score (nSPS) is 10.5. The zero-order valence-electron chi connectivity index (χ0n) is 11.6. The summed E-state index contributed by atoms with van der Waals surface area (Å²) in [6.45, 7) is 0. The molecule has 0 aliphatic carbocycles. The van der Waals surface area contributed by atoms with E-state index in [0.29, 0.717) is 16.7 Å². The van der Waals surface area contributed by atoms with Crippen LogP contribution >= 0.6 is 0 Å². The number of ether oxygens (including phenoxy) is 2. The molecule has 0 atom stereocenters. The fourth-order valence-electron chi connectivity index (χ4n) is 2.00. The van der Waals surface area contributed by atoms with Crippen LogP contribution in [0.5, 0.6) is 11.6 Å². The van der Waals surface area contributed by atoms with Crippen molar-refractivity contribution in [3.63, 3.8) is 0 Å². The topological polar surface area (TPSA) is 61.3 Å². The minimum Gasteiger partial charge on any atom is -0.465 e.